The first-order valence-corrected chi connectivity index (χ1v) is 11.7. The van der Waals surface area contributed by atoms with Crippen LogP contribution in [0, 0.1) is 12.3 Å². The fraction of sp³-hybridized carbons (Fsp3) is 0.379. The molecule has 0 aromatic heterocycles. The Hall–Kier alpha value is -3.14. The average molecular weight is 447 g/mol. The van der Waals surface area contributed by atoms with Gasteiger partial charge in [0.05, 0.1) is 0 Å². The van der Waals surface area contributed by atoms with Gasteiger partial charge in [-0.05, 0) is 56.6 Å². The molecule has 2 aromatic rings. The van der Waals surface area contributed by atoms with E-state index in [2.05, 4.69) is 55.5 Å². The van der Waals surface area contributed by atoms with Crippen LogP contribution in [-0.2, 0) is 19.1 Å². The summed E-state index contributed by atoms with van der Waals surface area (Å²) in [6.45, 7) is 5.26. The van der Waals surface area contributed by atoms with Gasteiger partial charge in [0.2, 0.25) is 0 Å². The lowest BCUT2D eigenvalue weighted by Gasteiger charge is -2.40. The number of cyclic esters (lactones) is 2. The Morgan fingerprint density at radius 1 is 0.727 bits per heavy atom. The molecule has 0 radical (unpaired) electrons. The molecule has 2 aromatic carbocycles. The molecule has 1 heterocycles. The van der Waals surface area contributed by atoms with Crippen molar-refractivity contribution >= 4 is 24.1 Å². The number of allylic oxidation sites excluding steroid dienone is 2. The molecule has 4 heteroatoms. The maximum Gasteiger partial charge on any atom is 0.326 e. The topological polar surface area (TPSA) is 52.6 Å². The fourth-order valence-corrected chi connectivity index (χ4v) is 4.00. The van der Waals surface area contributed by atoms with Crippen molar-refractivity contribution in [3.8, 4) is 0 Å². The zero-order valence-corrected chi connectivity index (χ0v) is 19.9. The lowest BCUT2D eigenvalue weighted by molar-refractivity contribution is -0.252. The van der Waals surface area contributed by atoms with Crippen LogP contribution >= 0.6 is 0 Å². The van der Waals surface area contributed by atoms with E-state index in [0.29, 0.717) is 25.7 Å². The van der Waals surface area contributed by atoms with Crippen LogP contribution < -0.4 is 0 Å². The lowest BCUT2D eigenvalue weighted by Crippen LogP contribution is -2.53. The second kappa shape index (κ2) is 11.1. The zero-order valence-electron chi connectivity index (χ0n) is 19.9. The number of hydrogen-bond acceptors (Lipinski definition) is 4. The molecule has 33 heavy (non-hydrogen) atoms. The van der Waals surface area contributed by atoms with Gasteiger partial charge >= 0.3 is 11.9 Å². The van der Waals surface area contributed by atoms with Crippen LogP contribution in [0.15, 0.2) is 66.7 Å². The summed E-state index contributed by atoms with van der Waals surface area (Å²) in [5.74, 6) is -2.13. The van der Waals surface area contributed by atoms with Gasteiger partial charge in [0.15, 0.2) is 5.41 Å². The molecule has 1 fully saturated rings. The summed E-state index contributed by atoms with van der Waals surface area (Å²) in [5, 5.41) is 0. The zero-order chi connectivity index (χ0) is 23.7. The summed E-state index contributed by atoms with van der Waals surface area (Å²) in [7, 11) is 0. The van der Waals surface area contributed by atoms with E-state index in [9.17, 15) is 9.59 Å². The van der Waals surface area contributed by atoms with E-state index >= 15 is 0 Å². The summed E-state index contributed by atoms with van der Waals surface area (Å²) in [5.41, 5.74) is 2.27. The minimum atomic E-state index is -1.23. The van der Waals surface area contributed by atoms with Gasteiger partial charge < -0.3 is 9.47 Å². The molecule has 0 amide bonds. The monoisotopic (exact) mass is 446 g/mol. The fourth-order valence-electron chi connectivity index (χ4n) is 4.00. The van der Waals surface area contributed by atoms with Crippen LogP contribution in [0.3, 0.4) is 0 Å². The van der Waals surface area contributed by atoms with E-state index in [-0.39, 0.29) is 0 Å². The number of rotatable bonds is 10. The third-order valence-corrected chi connectivity index (χ3v) is 5.90. The quantitative estimate of drug-likeness (QED) is 0.227. The highest BCUT2D eigenvalue weighted by molar-refractivity contribution is 6.01. The van der Waals surface area contributed by atoms with Gasteiger partial charge in [-0.1, -0.05) is 84.5 Å². The van der Waals surface area contributed by atoms with Crippen molar-refractivity contribution in [3.63, 3.8) is 0 Å². The normalized spacial score (nSPS) is 17.3. The first kappa shape index (κ1) is 24.5. The highest BCUT2D eigenvalue weighted by Gasteiger charge is 2.55. The van der Waals surface area contributed by atoms with Crippen molar-refractivity contribution < 1.29 is 19.1 Å². The standard InChI is InChI=1S/C29H34O4/c1-23-17-19-25(20-18-23)16-10-6-12-22-29(26(30)32-28(2,3)33-27(29)31)21-11-5-9-15-24-13-7-4-8-14-24/h4,7-10,13-20H,5-6,11-12,21-22H2,1-3H3/b15-9+,16-10+. The number of ether oxygens (including phenoxy) is 2. The smallest absolute Gasteiger partial charge is 0.326 e. The maximum absolute atomic E-state index is 13.0. The molecular weight excluding hydrogens is 412 g/mol. The van der Waals surface area contributed by atoms with E-state index in [4.69, 9.17) is 9.47 Å². The average Bonchev–Trinajstić information content (AvgIpc) is 2.77. The molecule has 0 unspecified atom stereocenters. The van der Waals surface area contributed by atoms with Crippen LogP contribution in [-0.4, -0.2) is 17.7 Å². The molecule has 0 saturated carbocycles. The molecule has 0 atom stereocenters. The van der Waals surface area contributed by atoms with Crippen LogP contribution in [0.25, 0.3) is 12.2 Å². The van der Waals surface area contributed by atoms with Crippen molar-refractivity contribution in [1.82, 2.24) is 0 Å². The molecule has 0 aliphatic carbocycles. The first-order chi connectivity index (χ1) is 15.8. The molecule has 0 N–H and O–H groups in total. The van der Waals surface area contributed by atoms with Gasteiger partial charge in [0.1, 0.15) is 0 Å². The van der Waals surface area contributed by atoms with Crippen LogP contribution in [0.1, 0.15) is 69.1 Å². The number of carbonyl (C=O) groups excluding carboxylic acids is 2. The third kappa shape index (κ3) is 6.92. The predicted molar refractivity (Wildman–Crippen MR) is 132 cm³/mol. The van der Waals surface area contributed by atoms with E-state index in [1.165, 1.54) is 5.56 Å². The van der Waals surface area contributed by atoms with E-state index in [1.807, 2.05) is 30.3 Å². The second-order valence-electron chi connectivity index (χ2n) is 9.17. The largest absolute Gasteiger partial charge is 0.422 e. The number of benzene rings is 2. The Kier molecular flexibility index (Phi) is 8.26. The number of unbranched alkanes of at least 4 members (excludes halogenated alkanes) is 2. The van der Waals surface area contributed by atoms with Gasteiger partial charge in [0, 0.05) is 13.8 Å². The van der Waals surface area contributed by atoms with Gasteiger partial charge in [-0.15, -0.1) is 0 Å². The Labute approximate surface area is 197 Å². The molecule has 0 bridgehead atoms. The van der Waals surface area contributed by atoms with E-state index in [1.54, 1.807) is 13.8 Å². The molecule has 1 aliphatic rings. The van der Waals surface area contributed by atoms with Crippen molar-refractivity contribution in [2.45, 2.75) is 65.1 Å². The lowest BCUT2D eigenvalue weighted by atomic mass is 9.77. The summed E-state index contributed by atoms with van der Waals surface area (Å²) < 4.78 is 11.0. The minimum absolute atomic E-state index is 0.418. The molecule has 0 spiro atoms. The minimum Gasteiger partial charge on any atom is -0.422 e. The number of carbonyl (C=O) groups is 2. The number of esters is 2. The van der Waals surface area contributed by atoms with E-state index < -0.39 is 23.1 Å². The van der Waals surface area contributed by atoms with Crippen molar-refractivity contribution in [1.29, 1.82) is 0 Å². The number of hydrogen-bond donors (Lipinski definition) is 0. The number of aryl methyl sites for hydroxylation is 1. The van der Waals surface area contributed by atoms with Gasteiger partial charge in [0.25, 0.3) is 5.79 Å². The maximum atomic E-state index is 13.0. The van der Waals surface area contributed by atoms with Crippen molar-refractivity contribution in [3.05, 3.63) is 83.4 Å². The van der Waals surface area contributed by atoms with E-state index in [0.717, 1.165) is 24.0 Å². The Morgan fingerprint density at radius 3 is 1.73 bits per heavy atom. The van der Waals surface area contributed by atoms with Crippen molar-refractivity contribution in [2.75, 3.05) is 0 Å². The summed E-state index contributed by atoms with van der Waals surface area (Å²) in [6.07, 6.45) is 12.1. The Morgan fingerprint density at radius 2 is 1.21 bits per heavy atom. The van der Waals surface area contributed by atoms with Crippen LogP contribution in [0.2, 0.25) is 0 Å². The summed E-state index contributed by atoms with van der Waals surface area (Å²) >= 11 is 0. The molecule has 1 aliphatic heterocycles. The highest BCUT2D eigenvalue weighted by Crippen LogP contribution is 2.40. The SMILES string of the molecule is Cc1ccc(/C=C/CCCC2(CCC/C=C/c3ccccc3)C(=O)OC(C)(C)OC2=O)cc1. The predicted octanol–water partition coefficient (Wildman–Crippen LogP) is 6.88. The molecule has 4 nitrogen and oxygen atoms in total. The molecular formula is C29H34O4. The van der Waals surface area contributed by atoms with Gasteiger partial charge in [-0.3, -0.25) is 9.59 Å². The molecule has 1 saturated heterocycles. The Balaban J connectivity index is 1.59. The van der Waals surface area contributed by atoms with Gasteiger partial charge in [-0.2, -0.15) is 0 Å². The second-order valence-corrected chi connectivity index (χ2v) is 9.17. The van der Waals surface area contributed by atoms with Crippen LogP contribution in [0.4, 0.5) is 0 Å². The highest BCUT2D eigenvalue weighted by atomic mass is 16.7. The van der Waals surface area contributed by atoms with Crippen molar-refractivity contribution in [2.24, 2.45) is 5.41 Å². The molecule has 3 rings (SSSR count). The Bertz CT molecular complexity index is 964. The first-order valence-electron chi connectivity index (χ1n) is 11.7. The summed E-state index contributed by atoms with van der Waals surface area (Å²) in [4.78, 5) is 26.0. The third-order valence-electron chi connectivity index (χ3n) is 5.90. The summed E-state index contributed by atoms with van der Waals surface area (Å²) in [6, 6.07) is 18.4. The van der Waals surface area contributed by atoms with Gasteiger partial charge in [-0.25, -0.2) is 0 Å². The van der Waals surface area contributed by atoms with Crippen LogP contribution in [0.5, 0.6) is 0 Å². The molecule has 174 valence electrons.